The molecule has 0 bridgehead atoms. The number of aromatic nitrogens is 3. The summed E-state index contributed by atoms with van der Waals surface area (Å²) in [6, 6.07) is 14.1. The van der Waals surface area contributed by atoms with Gasteiger partial charge in [0.25, 0.3) is 15.9 Å². The van der Waals surface area contributed by atoms with Crippen LogP contribution >= 0.6 is 0 Å². The minimum Gasteiger partial charge on any atom is -0.353 e. The van der Waals surface area contributed by atoms with Crippen LogP contribution in [0.25, 0.3) is 0 Å². The number of amides is 1. The Bertz CT molecular complexity index is 1470. The molecule has 2 saturated heterocycles. The van der Waals surface area contributed by atoms with E-state index in [2.05, 4.69) is 50.2 Å². The van der Waals surface area contributed by atoms with Crippen molar-refractivity contribution in [1.29, 1.82) is 0 Å². The van der Waals surface area contributed by atoms with E-state index in [0.717, 1.165) is 37.6 Å². The van der Waals surface area contributed by atoms with E-state index in [0.29, 0.717) is 30.6 Å². The Morgan fingerprint density at radius 3 is 2.21 bits per heavy atom. The third kappa shape index (κ3) is 5.68. The Morgan fingerprint density at radius 2 is 1.59 bits per heavy atom. The van der Waals surface area contributed by atoms with Gasteiger partial charge in [-0.05, 0) is 69.5 Å². The van der Waals surface area contributed by atoms with Gasteiger partial charge in [0.05, 0.1) is 5.56 Å². The molecule has 206 valence electrons. The van der Waals surface area contributed by atoms with Crippen LogP contribution in [0, 0.1) is 12.8 Å². The number of nitrogens with one attached hydrogen (secondary N) is 1. The number of sulfonamides is 1. The molecule has 0 aromatic carbocycles. The number of hydrogen-bond donors (Lipinski definition) is 1. The van der Waals surface area contributed by atoms with Crippen molar-refractivity contribution in [2.75, 3.05) is 47.4 Å². The summed E-state index contributed by atoms with van der Waals surface area (Å²) in [5, 5.41) is -0.198. The Kier molecular flexibility index (Phi) is 7.19. The van der Waals surface area contributed by atoms with Crippen LogP contribution in [0.2, 0.25) is 0 Å². The van der Waals surface area contributed by atoms with Crippen molar-refractivity contribution < 1.29 is 13.2 Å². The largest absolute Gasteiger partial charge is 0.353 e. The van der Waals surface area contributed by atoms with Crippen molar-refractivity contribution in [2.24, 2.45) is 5.92 Å². The van der Waals surface area contributed by atoms with Crippen LogP contribution in [0.1, 0.15) is 43.2 Å². The van der Waals surface area contributed by atoms with Gasteiger partial charge in [-0.25, -0.2) is 19.7 Å². The monoisotopic (exact) mass is 549 g/mol. The molecule has 5 rings (SSSR count). The van der Waals surface area contributed by atoms with Gasteiger partial charge in [-0.15, -0.1) is 0 Å². The molecule has 3 aromatic rings. The summed E-state index contributed by atoms with van der Waals surface area (Å²) in [7, 11) is -4.21. The lowest BCUT2D eigenvalue weighted by atomic mass is 9.97. The first-order valence-corrected chi connectivity index (χ1v) is 14.7. The predicted molar refractivity (Wildman–Crippen MR) is 152 cm³/mol. The highest BCUT2D eigenvalue weighted by molar-refractivity contribution is 7.90. The van der Waals surface area contributed by atoms with Gasteiger partial charge in [0, 0.05) is 50.2 Å². The molecule has 2 aliphatic heterocycles. The average molecular weight is 550 g/mol. The second-order valence-corrected chi connectivity index (χ2v) is 12.6. The van der Waals surface area contributed by atoms with Gasteiger partial charge in [0.15, 0.2) is 5.03 Å². The number of carbonyl (C=O) groups is 1. The van der Waals surface area contributed by atoms with Crippen LogP contribution in [-0.4, -0.2) is 67.5 Å². The van der Waals surface area contributed by atoms with Gasteiger partial charge < -0.3 is 14.7 Å². The number of piperazine rings is 1. The number of hydrogen-bond acceptors (Lipinski definition) is 9. The van der Waals surface area contributed by atoms with Crippen molar-refractivity contribution in [1.82, 2.24) is 19.7 Å². The maximum absolute atomic E-state index is 13.3. The lowest BCUT2D eigenvalue weighted by Gasteiger charge is -2.36. The molecule has 0 radical (unpaired) electrons. The Hall–Kier alpha value is -3.73. The van der Waals surface area contributed by atoms with E-state index in [1.807, 2.05) is 30.0 Å². The first-order valence-electron chi connectivity index (χ1n) is 13.2. The average Bonchev–Trinajstić information content (AvgIpc) is 3.20. The van der Waals surface area contributed by atoms with Crippen LogP contribution in [0.5, 0.6) is 0 Å². The highest BCUT2D eigenvalue weighted by Gasteiger charge is 2.39. The van der Waals surface area contributed by atoms with E-state index in [-0.39, 0.29) is 16.1 Å². The maximum atomic E-state index is 13.3. The lowest BCUT2D eigenvalue weighted by Crippen LogP contribution is -2.47. The summed E-state index contributed by atoms with van der Waals surface area (Å²) < 4.78 is 28.8. The topological polar surface area (TPSA) is 112 Å². The van der Waals surface area contributed by atoms with Gasteiger partial charge in [-0.2, -0.15) is 8.42 Å². The number of nitrogens with zero attached hydrogens (tertiary/aromatic N) is 6. The molecule has 2 aliphatic rings. The summed E-state index contributed by atoms with van der Waals surface area (Å²) >= 11 is 0. The van der Waals surface area contributed by atoms with E-state index in [9.17, 15) is 13.2 Å². The first kappa shape index (κ1) is 26.9. The van der Waals surface area contributed by atoms with Crippen molar-refractivity contribution in [3.63, 3.8) is 0 Å². The second-order valence-electron chi connectivity index (χ2n) is 11.0. The van der Waals surface area contributed by atoms with Crippen molar-refractivity contribution >= 4 is 33.4 Å². The number of rotatable bonds is 6. The van der Waals surface area contributed by atoms with Crippen molar-refractivity contribution in [3.8, 4) is 0 Å². The molecule has 5 heterocycles. The highest BCUT2D eigenvalue weighted by Crippen LogP contribution is 2.37. The minimum atomic E-state index is -4.21. The molecule has 1 N–H and O–H groups in total. The number of carbonyl (C=O) groups excluding carboxylic acids is 1. The molecule has 1 unspecified atom stereocenters. The van der Waals surface area contributed by atoms with Crippen LogP contribution in [0.4, 0.5) is 17.5 Å². The SMILES string of the molecule is Cc1cccc(N2CCN(c3cccc(S(=O)(=O)NC(=O)c4cccnc4N4CC(C)CC4(C)C)n3)CC2)n1. The molecule has 39 heavy (non-hydrogen) atoms. The number of aryl methyl sites for hydroxylation is 1. The molecule has 2 fully saturated rings. The quantitative estimate of drug-likeness (QED) is 0.495. The fourth-order valence-electron chi connectivity index (χ4n) is 5.58. The van der Waals surface area contributed by atoms with E-state index < -0.39 is 15.9 Å². The molecule has 0 saturated carbocycles. The molecule has 1 amide bonds. The third-order valence-electron chi connectivity index (χ3n) is 7.37. The van der Waals surface area contributed by atoms with Crippen LogP contribution in [-0.2, 0) is 10.0 Å². The Morgan fingerprint density at radius 1 is 0.949 bits per heavy atom. The summed E-state index contributed by atoms with van der Waals surface area (Å²) in [6.07, 6.45) is 2.58. The summed E-state index contributed by atoms with van der Waals surface area (Å²) in [5.74, 6) is 1.69. The zero-order valence-corrected chi connectivity index (χ0v) is 23.6. The molecule has 0 aliphatic carbocycles. The van der Waals surface area contributed by atoms with E-state index in [1.54, 1.807) is 30.5 Å². The maximum Gasteiger partial charge on any atom is 0.281 e. The number of pyridine rings is 3. The molecular weight excluding hydrogens is 514 g/mol. The lowest BCUT2D eigenvalue weighted by molar-refractivity contribution is 0.0981. The number of anilines is 3. The van der Waals surface area contributed by atoms with Gasteiger partial charge in [0.2, 0.25) is 0 Å². The Labute approximate surface area is 230 Å². The fraction of sp³-hybridized carbons (Fsp3) is 0.429. The standard InChI is InChI=1S/C28H35N7O3S/c1-20-18-28(3,4)35(19-20)26-22(9-7-13-29-26)27(36)32-39(37,38)25-12-6-11-24(31-25)34-16-14-33(15-17-34)23-10-5-8-21(2)30-23/h5-13,20H,14-19H2,1-4H3,(H,32,36). The summed E-state index contributed by atoms with van der Waals surface area (Å²) in [6.45, 7) is 11.9. The van der Waals surface area contributed by atoms with Gasteiger partial charge in [-0.1, -0.05) is 19.1 Å². The van der Waals surface area contributed by atoms with E-state index in [4.69, 9.17) is 0 Å². The molecule has 10 nitrogen and oxygen atoms in total. The zero-order chi connectivity index (χ0) is 27.8. The van der Waals surface area contributed by atoms with Crippen LogP contribution in [0.15, 0.2) is 59.8 Å². The summed E-state index contributed by atoms with van der Waals surface area (Å²) in [5.41, 5.74) is 0.991. The summed E-state index contributed by atoms with van der Waals surface area (Å²) in [4.78, 5) is 33.1. The van der Waals surface area contributed by atoms with Gasteiger partial charge in [-0.3, -0.25) is 4.79 Å². The van der Waals surface area contributed by atoms with Crippen molar-refractivity contribution in [3.05, 3.63) is 66.0 Å². The predicted octanol–water partition coefficient (Wildman–Crippen LogP) is 3.25. The van der Waals surface area contributed by atoms with Crippen LogP contribution < -0.4 is 19.4 Å². The van der Waals surface area contributed by atoms with Gasteiger partial charge >= 0.3 is 0 Å². The molecule has 3 aromatic heterocycles. The van der Waals surface area contributed by atoms with E-state index in [1.165, 1.54) is 6.07 Å². The normalized spacial score (nSPS) is 19.3. The second kappa shape index (κ2) is 10.4. The third-order valence-corrected chi connectivity index (χ3v) is 8.60. The Balaban J connectivity index is 1.31. The molecular formula is C28H35N7O3S. The molecule has 0 spiro atoms. The minimum absolute atomic E-state index is 0.197. The molecule has 1 atom stereocenters. The zero-order valence-electron chi connectivity index (χ0n) is 22.8. The smallest absolute Gasteiger partial charge is 0.281 e. The highest BCUT2D eigenvalue weighted by atomic mass is 32.2. The first-order chi connectivity index (χ1) is 18.5. The van der Waals surface area contributed by atoms with Crippen LogP contribution in [0.3, 0.4) is 0 Å². The molecule has 11 heteroatoms. The van der Waals surface area contributed by atoms with Gasteiger partial charge in [0.1, 0.15) is 17.5 Å². The fourth-order valence-corrected chi connectivity index (χ4v) is 6.51. The van der Waals surface area contributed by atoms with Crippen molar-refractivity contribution in [2.45, 2.75) is 44.7 Å². The van der Waals surface area contributed by atoms with E-state index >= 15 is 0 Å².